The van der Waals surface area contributed by atoms with Gasteiger partial charge in [0, 0.05) is 12.5 Å². The summed E-state index contributed by atoms with van der Waals surface area (Å²) >= 11 is 0. The van der Waals surface area contributed by atoms with Gasteiger partial charge in [0.05, 0.1) is 0 Å². The lowest BCUT2D eigenvalue weighted by Gasteiger charge is -2.26. The molecule has 2 fully saturated rings. The lowest BCUT2D eigenvalue weighted by atomic mass is 9.97. The Hall–Kier alpha value is -1.55. The molecule has 2 atom stereocenters. The van der Waals surface area contributed by atoms with Crippen LogP contribution in [0.3, 0.4) is 0 Å². The molecule has 2 aliphatic carbocycles. The van der Waals surface area contributed by atoms with Gasteiger partial charge in [-0.2, -0.15) is 0 Å². The van der Waals surface area contributed by atoms with Gasteiger partial charge in [-0.3, -0.25) is 10.1 Å². The third-order valence-corrected chi connectivity index (χ3v) is 4.32. The van der Waals surface area contributed by atoms with Gasteiger partial charge < -0.3 is 9.84 Å². The van der Waals surface area contributed by atoms with E-state index < -0.39 is 11.5 Å². The van der Waals surface area contributed by atoms with E-state index in [9.17, 15) is 9.90 Å². The number of carboxylic acid groups (broad SMARTS) is 1. The van der Waals surface area contributed by atoms with Crippen molar-refractivity contribution in [1.29, 1.82) is 0 Å². The highest BCUT2D eigenvalue weighted by molar-refractivity contribution is 5.79. The van der Waals surface area contributed by atoms with Crippen LogP contribution in [0.1, 0.15) is 37.7 Å². The van der Waals surface area contributed by atoms with E-state index in [4.69, 9.17) is 4.74 Å². The number of benzene rings is 1. The molecule has 0 saturated heterocycles. The van der Waals surface area contributed by atoms with Gasteiger partial charge >= 0.3 is 5.97 Å². The Kier molecular flexibility index (Phi) is 3.42. The molecular formula is C16H21NO3. The SMILES string of the molecule is Cc1ccccc1OC1CCC(NC2CC2)(C(=O)O)C1. The van der Waals surface area contributed by atoms with E-state index in [-0.39, 0.29) is 6.10 Å². The molecule has 2 saturated carbocycles. The second-order valence-electron chi connectivity index (χ2n) is 6.05. The zero-order valence-corrected chi connectivity index (χ0v) is 11.8. The average molecular weight is 275 g/mol. The summed E-state index contributed by atoms with van der Waals surface area (Å²) in [5.41, 5.74) is 0.310. The fourth-order valence-electron chi connectivity index (χ4n) is 2.97. The summed E-state index contributed by atoms with van der Waals surface area (Å²) < 4.78 is 6.01. The number of rotatable bonds is 5. The van der Waals surface area contributed by atoms with E-state index in [2.05, 4.69) is 5.32 Å². The summed E-state index contributed by atoms with van der Waals surface area (Å²) in [6, 6.07) is 8.28. The van der Waals surface area contributed by atoms with Gasteiger partial charge in [-0.1, -0.05) is 18.2 Å². The van der Waals surface area contributed by atoms with Gasteiger partial charge in [0.2, 0.25) is 0 Å². The monoisotopic (exact) mass is 275 g/mol. The minimum absolute atomic E-state index is 0.0153. The van der Waals surface area contributed by atoms with E-state index in [0.717, 1.165) is 30.6 Å². The number of para-hydroxylation sites is 1. The molecule has 2 N–H and O–H groups in total. The summed E-state index contributed by atoms with van der Waals surface area (Å²) in [7, 11) is 0. The van der Waals surface area contributed by atoms with Crippen molar-refractivity contribution in [3.63, 3.8) is 0 Å². The van der Waals surface area contributed by atoms with E-state index in [1.54, 1.807) is 0 Å². The number of carboxylic acids is 1. The highest BCUT2D eigenvalue weighted by Crippen LogP contribution is 2.36. The van der Waals surface area contributed by atoms with Crippen LogP contribution in [0.5, 0.6) is 5.75 Å². The van der Waals surface area contributed by atoms with Crippen LogP contribution in [-0.2, 0) is 4.79 Å². The lowest BCUT2D eigenvalue weighted by Crippen LogP contribution is -2.51. The zero-order chi connectivity index (χ0) is 14.2. The fraction of sp³-hybridized carbons (Fsp3) is 0.562. The predicted molar refractivity (Wildman–Crippen MR) is 76.0 cm³/mol. The molecule has 2 unspecified atom stereocenters. The van der Waals surface area contributed by atoms with E-state index in [1.807, 2.05) is 31.2 Å². The Morgan fingerprint density at radius 3 is 2.75 bits per heavy atom. The van der Waals surface area contributed by atoms with Crippen LogP contribution < -0.4 is 10.1 Å². The summed E-state index contributed by atoms with van der Waals surface area (Å²) in [5, 5.41) is 12.9. The van der Waals surface area contributed by atoms with Crippen molar-refractivity contribution in [3.8, 4) is 5.75 Å². The molecule has 0 bridgehead atoms. The lowest BCUT2D eigenvalue weighted by molar-refractivity contribution is -0.145. The number of carbonyl (C=O) groups is 1. The van der Waals surface area contributed by atoms with Crippen molar-refractivity contribution >= 4 is 5.97 Å². The van der Waals surface area contributed by atoms with Crippen molar-refractivity contribution in [1.82, 2.24) is 5.32 Å². The first-order chi connectivity index (χ1) is 9.59. The Balaban J connectivity index is 1.68. The van der Waals surface area contributed by atoms with Gasteiger partial charge in [-0.05, 0) is 44.2 Å². The Morgan fingerprint density at radius 1 is 1.35 bits per heavy atom. The van der Waals surface area contributed by atoms with Crippen molar-refractivity contribution in [3.05, 3.63) is 29.8 Å². The molecule has 0 amide bonds. The molecule has 0 heterocycles. The van der Waals surface area contributed by atoms with Crippen LogP contribution in [0, 0.1) is 6.92 Å². The third kappa shape index (κ3) is 2.66. The molecule has 108 valence electrons. The van der Waals surface area contributed by atoms with Crippen LogP contribution in [0.4, 0.5) is 0 Å². The molecule has 0 spiro atoms. The van der Waals surface area contributed by atoms with Crippen LogP contribution in [0.25, 0.3) is 0 Å². The highest BCUT2D eigenvalue weighted by Gasteiger charge is 2.49. The molecule has 4 nitrogen and oxygen atoms in total. The number of hydrogen-bond donors (Lipinski definition) is 2. The molecule has 4 heteroatoms. The van der Waals surface area contributed by atoms with Crippen LogP contribution in [-0.4, -0.2) is 28.8 Å². The zero-order valence-electron chi connectivity index (χ0n) is 11.8. The first-order valence-electron chi connectivity index (χ1n) is 7.32. The minimum Gasteiger partial charge on any atom is -0.490 e. The number of aliphatic carboxylic acids is 1. The number of hydrogen-bond acceptors (Lipinski definition) is 3. The Morgan fingerprint density at radius 2 is 2.10 bits per heavy atom. The van der Waals surface area contributed by atoms with E-state index >= 15 is 0 Å². The first kappa shape index (κ1) is 13.4. The summed E-state index contributed by atoms with van der Waals surface area (Å²) in [6.45, 7) is 2.01. The maximum absolute atomic E-state index is 11.6. The van der Waals surface area contributed by atoms with Crippen LogP contribution >= 0.6 is 0 Å². The second kappa shape index (κ2) is 5.09. The summed E-state index contributed by atoms with van der Waals surface area (Å²) in [6.07, 6.45) is 4.16. The van der Waals surface area contributed by atoms with Crippen molar-refractivity contribution in [2.45, 2.75) is 56.7 Å². The normalized spacial score (nSPS) is 29.4. The van der Waals surface area contributed by atoms with Crippen molar-refractivity contribution in [2.75, 3.05) is 0 Å². The molecule has 20 heavy (non-hydrogen) atoms. The molecule has 3 rings (SSSR count). The largest absolute Gasteiger partial charge is 0.490 e. The Labute approximate surface area is 119 Å². The van der Waals surface area contributed by atoms with Gasteiger partial charge in [0.25, 0.3) is 0 Å². The quantitative estimate of drug-likeness (QED) is 0.867. The molecule has 1 aromatic carbocycles. The first-order valence-corrected chi connectivity index (χ1v) is 7.32. The predicted octanol–water partition coefficient (Wildman–Crippen LogP) is 2.50. The smallest absolute Gasteiger partial charge is 0.324 e. The molecule has 0 aliphatic heterocycles. The van der Waals surface area contributed by atoms with E-state index in [1.165, 1.54) is 0 Å². The molecular weight excluding hydrogens is 254 g/mol. The van der Waals surface area contributed by atoms with E-state index in [0.29, 0.717) is 18.9 Å². The molecule has 0 radical (unpaired) electrons. The maximum atomic E-state index is 11.6. The average Bonchev–Trinajstić information content (AvgIpc) is 3.12. The van der Waals surface area contributed by atoms with Crippen LogP contribution in [0.15, 0.2) is 24.3 Å². The number of ether oxygens (including phenoxy) is 1. The molecule has 0 aromatic heterocycles. The number of nitrogens with one attached hydrogen (secondary N) is 1. The Bertz CT molecular complexity index is 512. The maximum Gasteiger partial charge on any atom is 0.324 e. The summed E-state index contributed by atoms with van der Waals surface area (Å²) in [4.78, 5) is 11.6. The number of aryl methyl sites for hydroxylation is 1. The van der Waals surface area contributed by atoms with Crippen molar-refractivity contribution < 1.29 is 14.6 Å². The van der Waals surface area contributed by atoms with Gasteiger partial charge in [-0.25, -0.2) is 0 Å². The summed E-state index contributed by atoms with van der Waals surface area (Å²) in [5.74, 6) is 0.130. The van der Waals surface area contributed by atoms with Gasteiger partial charge in [0.1, 0.15) is 17.4 Å². The molecule has 1 aromatic rings. The van der Waals surface area contributed by atoms with Gasteiger partial charge in [-0.15, -0.1) is 0 Å². The third-order valence-electron chi connectivity index (χ3n) is 4.32. The van der Waals surface area contributed by atoms with Crippen LogP contribution in [0.2, 0.25) is 0 Å². The fourth-order valence-corrected chi connectivity index (χ4v) is 2.97. The minimum atomic E-state index is -0.783. The standard InChI is InChI=1S/C16H21NO3/c1-11-4-2-3-5-14(11)20-13-8-9-16(10-13,15(18)19)17-12-6-7-12/h2-5,12-13,17H,6-10H2,1H3,(H,18,19). The second-order valence-corrected chi connectivity index (χ2v) is 6.05. The topological polar surface area (TPSA) is 58.6 Å². The highest BCUT2D eigenvalue weighted by atomic mass is 16.5. The molecule has 2 aliphatic rings. The van der Waals surface area contributed by atoms with Gasteiger partial charge in [0.15, 0.2) is 0 Å². The van der Waals surface area contributed by atoms with Crippen molar-refractivity contribution in [2.24, 2.45) is 0 Å².